The van der Waals surface area contributed by atoms with E-state index < -0.39 is 12.0 Å². The van der Waals surface area contributed by atoms with Gasteiger partial charge in [0.1, 0.15) is 0 Å². The van der Waals surface area contributed by atoms with Crippen molar-refractivity contribution in [3.8, 4) is 0 Å². The van der Waals surface area contributed by atoms with Crippen LogP contribution in [0.2, 0.25) is 0 Å². The van der Waals surface area contributed by atoms with E-state index in [4.69, 9.17) is 19.5 Å². The molecule has 0 aromatic heterocycles. The highest BCUT2D eigenvalue weighted by Gasteiger charge is 2.14. The number of nitro groups is 1. The molecule has 2 N–H and O–H groups in total. The molecule has 0 saturated carbocycles. The Kier molecular flexibility index (Phi) is 6.30. The van der Waals surface area contributed by atoms with E-state index in [0.29, 0.717) is 0 Å². The van der Waals surface area contributed by atoms with Crippen LogP contribution < -0.4 is 5.46 Å². The molecule has 1 aliphatic heterocycles. The summed E-state index contributed by atoms with van der Waals surface area (Å²) in [5.41, 5.74) is -0.0372. The van der Waals surface area contributed by atoms with Gasteiger partial charge in [-0.2, -0.15) is 0 Å². The summed E-state index contributed by atoms with van der Waals surface area (Å²) >= 11 is 0. The second kappa shape index (κ2) is 7.77. The summed E-state index contributed by atoms with van der Waals surface area (Å²) in [7, 11) is -1.66. The van der Waals surface area contributed by atoms with Crippen LogP contribution in [-0.2, 0) is 9.47 Å². The molecule has 1 heterocycles. The van der Waals surface area contributed by atoms with Gasteiger partial charge in [-0.25, -0.2) is 0 Å². The van der Waals surface area contributed by atoms with Crippen LogP contribution in [-0.4, -0.2) is 48.5 Å². The van der Waals surface area contributed by atoms with E-state index in [0.717, 1.165) is 32.5 Å². The number of nitro benzene ring substituents is 1. The fraction of sp³-hybridized carbons (Fsp3) is 0.400. The van der Waals surface area contributed by atoms with Crippen LogP contribution in [0, 0.1) is 10.1 Å². The highest BCUT2D eigenvalue weighted by Crippen LogP contribution is 2.06. The first kappa shape index (κ1) is 14.6. The molecule has 1 aromatic rings. The topological polar surface area (TPSA) is 102 Å². The zero-order chi connectivity index (χ0) is 13.4. The number of non-ortho nitro benzene ring substituents is 1. The van der Waals surface area contributed by atoms with Crippen molar-refractivity contribution in [2.24, 2.45) is 0 Å². The molecule has 0 amide bonds. The summed E-state index contributed by atoms with van der Waals surface area (Å²) in [6.07, 6.45) is 0. The molecule has 7 nitrogen and oxygen atoms in total. The van der Waals surface area contributed by atoms with E-state index >= 15 is 0 Å². The van der Waals surface area contributed by atoms with E-state index in [9.17, 15) is 10.1 Å². The lowest BCUT2D eigenvalue weighted by Crippen LogP contribution is -2.29. The summed E-state index contributed by atoms with van der Waals surface area (Å²) in [6, 6.07) is 5.20. The molecule has 1 fully saturated rings. The largest absolute Gasteiger partial charge is 0.488 e. The average Bonchev–Trinajstić information content (AvgIpc) is 2.41. The van der Waals surface area contributed by atoms with Gasteiger partial charge in [-0.3, -0.25) is 10.1 Å². The normalized spacial score (nSPS) is 14.3. The molecule has 0 unspecified atom stereocenters. The maximum atomic E-state index is 10.2. The van der Waals surface area contributed by atoms with Gasteiger partial charge in [0.15, 0.2) is 0 Å². The van der Waals surface area contributed by atoms with Gasteiger partial charge in [0.2, 0.25) is 0 Å². The molecule has 98 valence electrons. The molecule has 1 aliphatic rings. The molecular formula is C10H14BNO6. The highest BCUT2D eigenvalue weighted by atomic mass is 16.6. The third kappa shape index (κ3) is 5.24. The predicted octanol–water partition coefficient (Wildman–Crippen LogP) is -0.692. The smallest absolute Gasteiger partial charge is 0.423 e. The summed E-state index contributed by atoms with van der Waals surface area (Å²) in [5.74, 6) is 0. The number of nitrogens with zero attached hydrogens (tertiary/aromatic N) is 1. The van der Waals surface area contributed by atoms with Gasteiger partial charge in [0.05, 0.1) is 31.4 Å². The minimum absolute atomic E-state index is 0.115. The fourth-order valence-corrected chi connectivity index (χ4v) is 1.24. The number of rotatable bonds is 2. The molecule has 1 saturated heterocycles. The molecule has 1 aromatic carbocycles. The van der Waals surface area contributed by atoms with Crippen LogP contribution in [0.25, 0.3) is 0 Å². The fourth-order valence-electron chi connectivity index (χ4n) is 1.24. The van der Waals surface area contributed by atoms with Gasteiger partial charge in [0.25, 0.3) is 5.69 Å². The van der Waals surface area contributed by atoms with Crippen molar-refractivity contribution in [1.82, 2.24) is 0 Å². The monoisotopic (exact) mass is 255 g/mol. The average molecular weight is 255 g/mol. The van der Waals surface area contributed by atoms with Crippen molar-refractivity contribution < 1.29 is 24.4 Å². The number of benzene rings is 1. The number of hydrogen-bond acceptors (Lipinski definition) is 6. The quantitative estimate of drug-likeness (QED) is 0.412. The van der Waals surface area contributed by atoms with Crippen LogP contribution in [0.1, 0.15) is 0 Å². The highest BCUT2D eigenvalue weighted by molar-refractivity contribution is 6.58. The van der Waals surface area contributed by atoms with E-state index in [1.54, 1.807) is 0 Å². The van der Waals surface area contributed by atoms with Gasteiger partial charge < -0.3 is 19.5 Å². The Morgan fingerprint density at radius 3 is 2.11 bits per heavy atom. The molecule has 8 heteroatoms. The lowest BCUT2D eigenvalue weighted by Gasteiger charge is -2.09. The minimum atomic E-state index is -1.66. The minimum Gasteiger partial charge on any atom is -0.423 e. The lowest BCUT2D eigenvalue weighted by atomic mass is 9.80. The second-order valence-corrected chi connectivity index (χ2v) is 3.45. The van der Waals surface area contributed by atoms with Crippen LogP contribution in [0.3, 0.4) is 0 Å². The van der Waals surface area contributed by atoms with Gasteiger partial charge in [0, 0.05) is 12.1 Å². The summed E-state index contributed by atoms with van der Waals surface area (Å²) in [4.78, 5) is 9.63. The first-order valence-electron chi connectivity index (χ1n) is 5.37. The molecular weight excluding hydrogens is 241 g/mol. The predicted molar refractivity (Wildman–Crippen MR) is 64.6 cm³/mol. The van der Waals surface area contributed by atoms with E-state index in [-0.39, 0.29) is 11.2 Å². The van der Waals surface area contributed by atoms with Crippen molar-refractivity contribution in [2.75, 3.05) is 26.4 Å². The van der Waals surface area contributed by atoms with Crippen molar-refractivity contribution in [1.29, 1.82) is 0 Å². The third-order valence-corrected chi connectivity index (χ3v) is 2.12. The zero-order valence-corrected chi connectivity index (χ0v) is 9.69. The molecule has 0 spiro atoms. The van der Waals surface area contributed by atoms with Gasteiger partial charge in [-0.15, -0.1) is 0 Å². The van der Waals surface area contributed by atoms with Crippen LogP contribution >= 0.6 is 0 Å². The van der Waals surface area contributed by atoms with Crippen molar-refractivity contribution in [2.45, 2.75) is 0 Å². The standard InChI is InChI=1S/C6H6BNO4.C4H8O2/c9-7(10)5-2-1-3-6(4-5)8(11)12;1-2-6-4-3-5-1/h1-4,9-10H;1-4H2. The van der Waals surface area contributed by atoms with E-state index in [1.165, 1.54) is 18.2 Å². The molecule has 0 aliphatic carbocycles. The van der Waals surface area contributed by atoms with Crippen molar-refractivity contribution >= 4 is 18.3 Å². The van der Waals surface area contributed by atoms with E-state index in [1.807, 2.05) is 0 Å². The Morgan fingerprint density at radius 2 is 1.72 bits per heavy atom. The van der Waals surface area contributed by atoms with Gasteiger partial charge in [-0.05, 0) is 5.46 Å². The maximum Gasteiger partial charge on any atom is 0.488 e. The number of ether oxygens (including phenoxy) is 2. The SMILES string of the molecule is C1COCCO1.O=[N+]([O-])c1cccc(B(O)O)c1. The molecule has 0 atom stereocenters. The lowest BCUT2D eigenvalue weighted by molar-refractivity contribution is -0.384. The number of hydrogen-bond donors (Lipinski definition) is 2. The molecule has 18 heavy (non-hydrogen) atoms. The Morgan fingerprint density at radius 1 is 1.17 bits per heavy atom. The van der Waals surface area contributed by atoms with Crippen LogP contribution in [0.5, 0.6) is 0 Å². The Hall–Kier alpha value is -1.48. The van der Waals surface area contributed by atoms with E-state index in [2.05, 4.69) is 0 Å². The zero-order valence-electron chi connectivity index (χ0n) is 9.69. The van der Waals surface area contributed by atoms with Crippen LogP contribution in [0.4, 0.5) is 5.69 Å². The second-order valence-electron chi connectivity index (χ2n) is 3.45. The molecule has 0 radical (unpaired) electrons. The Labute approximate surface area is 104 Å². The van der Waals surface area contributed by atoms with Gasteiger partial charge in [-0.1, -0.05) is 12.1 Å². The summed E-state index contributed by atoms with van der Waals surface area (Å²) < 4.78 is 9.89. The first-order valence-corrected chi connectivity index (χ1v) is 5.37. The molecule has 0 bridgehead atoms. The summed E-state index contributed by atoms with van der Waals surface area (Å²) in [5, 5.41) is 27.5. The Bertz CT molecular complexity index is 371. The maximum absolute atomic E-state index is 10.2. The first-order chi connectivity index (χ1) is 8.61. The van der Waals surface area contributed by atoms with Crippen molar-refractivity contribution in [3.63, 3.8) is 0 Å². The molecule has 2 rings (SSSR count). The summed E-state index contributed by atoms with van der Waals surface area (Å²) in [6.45, 7) is 3.11. The van der Waals surface area contributed by atoms with Crippen molar-refractivity contribution in [3.05, 3.63) is 34.4 Å². The Balaban J connectivity index is 0.000000225. The van der Waals surface area contributed by atoms with Crippen LogP contribution in [0.15, 0.2) is 24.3 Å². The third-order valence-electron chi connectivity index (χ3n) is 2.12. The van der Waals surface area contributed by atoms with Gasteiger partial charge >= 0.3 is 7.12 Å².